The minimum absolute atomic E-state index is 0.378. The number of carbonyl (C=O) groups excluding carboxylic acids is 1. The fourth-order valence-corrected chi connectivity index (χ4v) is 2.25. The van der Waals surface area contributed by atoms with Crippen molar-refractivity contribution < 1.29 is 9.53 Å². The third-order valence-electron chi connectivity index (χ3n) is 3.14. The van der Waals surface area contributed by atoms with E-state index in [1.54, 1.807) is 0 Å². The number of hydrogen-bond donors (Lipinski definition) is 2. The average Bonchev–Trinajstić information content (AvgIpc) is 2.72. The number of nitrogen functional groups attached to an aromatic ring is 1. The molecule has 1 heterocycles. The summed E-state index contributed by atoms with van der Waals surface area (Å²) in [5.74, 6) is 0.386. The second kappa shape index (κ2) is 5.83. The van der Waals surface area contributed by atoms with Gasteiger partial charge < -0.3 is 25.6 Å². The minimum Gasteiger partial charge on any atom is -0.369 e. The number of fused-ring (bicyclic) bond motifs is 1. The predicted octanol–water partition coefficient (Wildman–Crippen LogP) is 1.33. The van der Waals surface area contributed by atoms with Gasteiger partial charge >= 0.3 is 0 Å². The SMILES string of the molecule is CC(C)(C)OC(Cn1c(N)nc2ccccc21)C(N)C=O. The first-order valence-corrected chi connectivity index (χ1v) is 6.91. The fourth-order valence-electron chi connectivity index (χ4n) is 2.25. The topological polar surface area (TPSA) is 96.2 Å². The lowest BCUT2D eigenvalue weighted by atomic mass is 10.1. The molecule has 0 fully saturated rings. The molecule has 6 heteroatoms. The van der Waals surface area contributed by atoms with E-state index in [9.17, 15) is 4.79 Å². The lowest BCUT2D eigenvalue weighted by Crippen LogP contribution is -2.45. The smallest absolute Gasteiger partial charge is 0.201 e. The molecule has 1 aromatic heterocycles. The minimum atomic E-state index is -0.718. The maximum Gasteiger partial charge on any atom is 0.201 e. The molecule has 0 aliphatic rings. The van der Waals surface area contributed by atoms with Crippen LogP contribution in [0, 0.1) is 0 Å². The van der Waals surface area contributed by atoms with Crippen molar-refractivity contribution in [3.05, 3.63) is 24.3 Å². The Hall–Kier alpha value is -1.92. The molecule has 0 saturated carbocycles. The highest BCUT2D eigenvalue weighted by Crippen LogP contribution is 2.21. The number of aldehydes is 1. The number of hydrogen-bond acceptors (Lipinski definition) is 5. The van der Waals surface area contributed by atoms with Crippen molar-refractivity contribution in [1.29, 1.82) is 0 Å². The van der Waals surface area contributed by atoms with Crippen molar-refractivity contribution in [1.82, 2.24) is 9.55 Å². The first-order chi connectivity index (χ1) is 9.81. The summed E-state index contributed by atoms with van der Waals surface area (Å²) in [5, 5.41) is 0. The summed E-state index contributed by atoms with van der Waals surface area (Å²) in [5.41, 5.74) is 13.1. The van der Waals surface area contributed by atoms with Crippen LogP contribution >= 0.6 is 0 Å². The van der Waals surface area contributed by atoms with Crippen LogP contribution in [-0.2, 0) is 16.1 Å². The van der Waals surface area contributed by atoms with E-state index in [1.807, 2.05) is 49.6 Å². The molecule has 0 bridgehead atoms. The Morgan fingerprint density at radius 1 is 1.38 bits per heavy atom. The van der Waals surface area contributed by atoms with Crippen molar-refractivity contribution in [3.63, 3.8) is 0 Å². The Balaban J connectivity index is 2.34. The summed E-state index contributed by atoms with van der Waals surface area (Å²) in [7, 11) is 0. The van der Waals surface area contributed by atoms with E-state index in [0.717, 1.165) is 11.0 Å². The van der Waals surface area contributed by atoms with Crippen LogP contribution < -0.4 is 11.5 Å². The van der Waals surface area contributed by atoms with Crippen LogP contribution in [-0.4, -0.2) is 33.6 Å². The van der Waals surface area contributed by atoms with Gasteiger partial charge in [0, 0.05) is 0 Å². The van der Waals surface area contributed by atoms with Crippen LogP contribution in [0.15, 0.2) is 24.3 Å². The van der Waals surface area contributed by atoms with E-state index in [4.69, 9.17) is 16.2 Å². The Kier molecular flexibility index (Phi) is 4.29. The highest BCUT2D eigenvalue weighted by atomic mass is 16.5. The van der Waals surface area contributed by atoms with Gasteiger partial charge in [-0.3, -0.25) is 0 Å². The quantitative estimate of drug-likeness (QED) is 0.810. The number of rotatable bonds is 5. The number of nitrogens with zero attached hydrogens (tertiary/aromatic N) is 2. The number of nitrogens with two attached hydrogens (primary N) is 2. The molecule has 2 rings (SSSR count). The van der Waals surface area contributed by atoms with Gasteiger partial charge in [-0.2, -0.15) is 0 Å². The summed E-state index contributed by atoms with van der Waals surface area (Å²) >= 11 is 0. The predicted molar refractivity (Wildman–Crippen MR) is 82.8 cm³/mol. The molecule has 0 amide bonds. The molecule has 0 radical (unpaired) electrons. The van der Waals surface area contributed by atoms with E-state index in [1.165, 1.54) is 0 Å². The molecule has 0 spiro atoms. The highest BCUT2D eigenvalue weighted by Gasteiger charge is 2.26. The van der Waals surface area contributed by atoms with Gasteiger partial charge in [0.15, 0.2) is 0 Å². The summed E-state index contributed by atoms with van der Waals surface area (Å²) in [6, 6.07) is 6.92. The van der Waals surface area contributed by atoms with Crippen LogP contribution in [0.3, 0.4) is 0 Å². The van der Waals surface area contributed by atoms with Gasteiger partial charge in [-0.05, 0) is 32.9 Å². The van der Waals surface area contributed by atoms with Crippen molar-refractivity contribution in [2.24, 2.45) is 5.73 Å². The van der Waals surface area contributed by atoms with Gasteiger partial charge in [0.05, 0.1) is 35.3 Å². The van der Waals surface area contributed by atoms with E-state index >= 15 is 0 Å². The molecule has 1 aromatic carbocycles. The van der Waals surface area contributed by atoms with Crippen molar-refractivity contribution in [2.75, 3.05) is 5.73 Å². The zero-order valence-corrected chi connectivity index (χ0v) is 12.6. The van der Waals surface area contributed by atoms with Gasteiger partial charge in [0.25, 0.3) is 0 Å². The van der Waals surface area contributed by atoms with Crippen LogP contribution in [0.1, 0.15) is 20.8 Å². The molecule has 0 saturated heterocycles. The standard InChI is InChI=1S/C15H22N4O2/c1-15(2,3)21-13(10(16)9-20)8-19-12-7-5-4-6-11(12)18-14(19)17/h4-7,9-10,13H,8,16H2,1-3H3,(H2,17,18). The van der Waals surface area contributed by atoms with Crippen molar-refractivity contribution in [3.8, 4) is 0 Å². The molecule has 6 nitrogen and oxygen atoms in total. The van der Waals surface area contributed by atoms with Crippen molar-refractivity contribution >= 4 is 23.3 Å². The molecular formula is C15H22N4O2. The zero-order valence-electron chi connectivity index (χ0n) is 12.6. The Bertz CT molecular complexity index is 630. The van der Waals surface area contributed by atoms with Gasteiger partial charge in [-0.1, -0.05) is 12.1 Å². The second-order valence-corrected chi connectivity index (χ2v) is 6.05. The average molecular weight is 290 g/mol. The highest BCUT2D eigenvalue weighted by molar-refractivity contribution is 5.78. The normalized spacial score (nSPS) is 15.0. The number of carbonyl (C=O) groups is 1. The van der Waals surface area contributed by atoms with E-state index in [2.05, 4.69) is 4.98 Å². The van der Waals surface area contributed by atoms with E-state index < -0.39 is 17.7 Å². The Morgan fingerprint density at radius 3 is 2.67 bits per heavy atom. The third kappa shape index (κ3) is 3.59. The second-order valence-electron chi connectivity index (χ2n) is 6.05. The monoisotopic (exact) mass is 290 g/mol. The third-order valence-corrected chi connectivity index (χ3v) is 3.14. The molecule has 2 aromatic rings. The number of anilines is 1. The van der Waals surface area contributed by atoms with Gasteiger partial charge in [0.2, 0.25) is 5.95 Å². The lowest BCUT2D eigenvalue weighted by Gasteiger charge is -2.30. The largest absolute Gasteiger partial charge is 0.369 e. The fraction of sp³-hybridized carbons (Fsp3) is 0.467. The number of para-hydroxylation sites is 2. The van der Waals surface area contributed by atoms with Crippen molar-refractivity contribution in [2.45, 2.75) is 45.1 Å². The van der Waals surface area contributed by atoms with Crippen LogP contribution in [0.25, 0.3) is 11.0 Å². The molecule has 21 heavy (non-hydrogen) atoms. The number of aromatic nitrogens is 2. The van der Waals surface area contributed by atoms with Crippen LogP contribution in [0.2, 0.25) is 0 Å². The first-order valence-electron chi connectivity index (χ1n) is 6.91. The van der Waals surface area contributed by atoms with E-state index in [0.29, 0.717) is 18.8 Å². The summed E-state index contributed by atoms with van der Waals surface area (Å²) in [6.07, 6.45) is 0.230. The summed E-state index contributed by atoms with van der Waals surface area (Å²) in [6.45, 7) is 6.15. The number of imidazole rings is 1. The Labute approximate surface area is 124 Å². The molecule has 2 atom stereocenters. The van der Waals surface area contributed by atoms with Crippen LogP contribution in [0.4, 0.5) is 5.95 Å². The zero-order chi connectivity index (χ0) is 15.6. The van der Waals surface area contributed by atoms with Gasteiger partial charge in [-0.25, -0.2) is 4.98 Å². The molecule has 0 aliphatic heterocycles. The van der Waals surface area contributed by atoms with Crippen LogP contribution in [0.5, 0.6) is 0 Å². The molecule has 114 valence electrons. The van der Waals surface area contributed by atoms with Gasteiger partial charge in [-0.15, -0.1) is 0 Å². The number of ether oxygens (including phenoxy) is 1. The maximum atomic E-state index is 11.0. The lowest BCUT2D eigenvalue weighted by molar-refractivity contribution is -0.118. The number of benzene rings is 1. The molecule has 4 N–H and O–H groups in total. The molecule has 0 aliphatic carbocycles. The van der Waals surface area contributed by atoms with E-state index in [-0.39, 0.29) is 0 Å². The maximum absolute atomic E-state index is 11.0. The summed E-state index contributed by atoms with van der Waals surface area (Å²) < 4.78 is 7.74. The first kappa shape index (κ1) is 15.5. The van der Waals surface area contributed by atoms with Gasteiger partial charge in [0.1, 0.15) is 6.29 Å². The summed E-state index contributed by atoms with van der Waals surface area (Å²) in [4.78, 5) is 15.4. The molecule has 2 unspecified atom stereocenters. The Morgan fingerprint density at radius 2 is 2.05 bits per heavy atom. The molecular weight excluding hydrogens is 268 g/mol.